The molecule has 1 rings (SSSR count). The largest absolute Gasteiger partial charge is 0.378 e. The standard InChI is InChI=1S/C14H23N3O2/c1-2-8-14(18)12-19-10-7-5-3-4-6-9-13-11-15-17-16-13/h11,14,18H,3-7,9-10,12H2,1H3,(H,15,16,17). The molecule has 0 aromatic carbocycles. The highest BCUT2D eigenvalue weighted by Gasteiger charge is 1.99. The second-order valence-corrected chi connectivity index (χ2v) is 4.47. The number of aromatic amines is 1. The van der Waals surface area contributed by atoms with E-state index in [9.17, 15) is 5.11 Å². The number of aryl methyl sites for hydroxylation is 1. The Bertz CT molecular complexity index is 368. The van der Waals surface area contributed by atoms with Gasteiger partial charge in [0, 0.05) is 12.8 Å². The molecule has 0 spiro atoms. The van der Waals surface area contributed by atoms with Gasteiger partial charge < -0.3 is 9.84 Å². The number of nitrogens with one attached hydrogen (secondary N) is 1. The molecule has 0 fully saturated rings. The van der Waals surface area contributed by atoms with E-state index in [-0.39, 0.29) is 0 Å². The molecule has 0 aliphatic heterocycles. The van der Waals surface area contributed by atoms with Gasteiger partial charge in [-0.1, -0.05) is 30.4 Å². The average Bonchev–Trinajstić information content (AvgIpc) is 2.90. The minimum absolute atomic E-state index is 0.312. The summed E-state index contributed by atoms with van der Waals surface area (Å²) in [6.07, 6.45) is 7.96. The Kier molecular flexibility index (Phi) is 8.69. The van der Waals surface area contributed by atoms with E-state index in [1.807, 2.05) is 6.20 Å². The van der Waals surface area contributed by atoms with Crippen molar-refractivity contribution in [3.63, 3.8) is 0 Å². The Morgan fingerprint density at radius 1 is 1.32 bits per heavy atom. The Morgan fingerprint density at radius 2 is 2.11 bits per heavy atom. The molecule has 106 valence electrons. The molecule has 5 nitrogen and oxygen atoms in total. The summed E-state index contributed by atoms with van der Waals surface area (Å²) in [4.78, 5) is 0. The SMILES string of the molecule is CC#CC(O)COCCCCCCCc1c[nH]nn1. The van der Waals surface area contributed by atoms with E-state index >= 15 is 0 Å². The van der Waals surface area contributed by atoms with Crippen molar-refractivity contribution in [3.05, 3.63) is 11.9 Å². The topological polar surface area (TPSA) is 71.0 Å². The Balaban J connectivity index is 1.82. The molecule has 1 aromatic rings. The van der Waals surface area contributed by atoms with E-state index in [4.69, 9.17) is 4.74 Å². The Labute approximate surface area is 114 Å². The van der Waals surface area contributed by atoms with Crippen LogP contribution < -0.4 is 0 Å². The number of rotatable bonds is 10. The zero-order valence-corrected chi connectivity index (χ0v) is 11.6. The lowest BCUT2D eigenvalue weighted by molar-refractivity contribution is 0.0617. The van der Waals surface area contributed by atoms with Crippen LogP contribution in [0.4, 0.5) is 0 Å². The second-order valence-electron chi connectivity index (χ2n) is 4.47. The van der Waals surface area contributed by atoms with E-state index in [1.165, 1.54) is 12.8 Å². The number of hydrogen-bond donors (Lipinski definition) is 2. The molecule has 2 N–H and O–H groups in total. The summed E-state index contributed by atoms with van der Waals surface area (Å²) in [5, 5.41) is 19.6. The van der Waals surface area contributed by atoms with Gasteiger partial charge in [0.25, 0.3) is 0 Å². The van der Waals surface area contributed by atoms with Gasteiger partial charge in [-0.2, -0.15) is 0 Å². The van der Waals surface area contributed by atoms with Gasteiger partial charge >= 0.3 is 0 Å². The number of unbranched alkanes of at least 4 members (excludes halogenated alkanes) is 4. The van der Waals surface area contributed by atoms with Crippen LogP contribution in [0.25, 0.3) is 0 Å². The molecule has 0 saturated heterocycles. The van der Waals surface area contributed by atoms with Crippen LogP contribution >= 0.6 is 0 Å². The summed E-state index contributed by atoms with van der Waals surface area (Å²) in [7, 11) is 0. The van der Waals surface area contributed by atoms with Gasteiger partial charge in [-0.25, -0.2) is 0 Å². The smallest absolute Gasteiger partial charge is 0.137 e. The Hall–Kier alpha value is -1.38. The molecule has 0 amide bonds. The highest BCUT2D eigenvalue weighted by Crippen LogP contribution is 2.06. The maximum atomic E-state index is 9.30. The normalized spacial score (nSPS) is 11.9. The van der Waals surface area contributed by atoms with E-state index in [1.54, 1.807) is 6.92 Å². The summed E-state index contributed by atoms with van der Waals surface area (Å²) in [5.41, 5.74) is 1.04. The molecule has 1 heterocycles. The van der Waals surface area contributed by atoms with Gasteiger partial charge in [0.05, 0.1) is 12.3 Å². The molecule has 0 radical (unpaired) electrons. The summed E-state index contributed by atoms with van der Waals surface area (Å²) >= 11 is 0. The molecule has 1 aromatic heterocycles. The molecule has 0 aliphatic rings. The number of aromatic nitrogens is 3. The molecule has 0 aliphatic carbocycles. The van der Waals surface area contributed by atoms with Crippen LogP contribution in [0.15, 0.2) is 6.20 Å². The molecule has 5 heteroatoms. The fraction of sp³-hybridized carbons (Fsp3) is 0.714. The zero-order valence-electron chi connectivity index (χ0n) is 11.6. The second kappa shape index (κ2) is 10.5. The third-order valence-electron chi connectivity index (χ3n) is 2.78. The van der Waals surface area contributed by atoms with Crippen molar-refractivity contribution in [1.82, 2.24) is 15.4 Å². The van der Waals surface area contributed by atoms with Crippen LogP contribution in [-0.4, -0.2) is 39.8 Å². The molecule has 1 unspecified atom stereocenters. The first-order chi connectivity index (χ1) is 9.33. The molecule has 19 heavy (non-hydrogen) atoms. The highest BCUT2D eigenvalue weighted by molar-refractivity contribution is 5.01. The van der Waals surface area contributed by atoms with Crippen LogP contribution in [0.5, 0.6) is 0 Å². The fourth-order valence-electron chi connectivity index (χ4n) is 1.79. The Morgan fingerprint density at radius 3 is 2.84 bits per heavy atom. The quantitative estimate of drug-likeness (QED) is 0.499. The average molecular weight is 265 g/mol. The van der Waals surface area contributed by atoms with Crippen LogP contribution in [0.1, 0.15) is 44.7 Å². The van der Waals surface area contributed by atoms with Gasteiger partial charge in [0.15, 0.2) is 0 Å². The van der Waals surface area contributed by atoms with Crippen molar-refractivity contribution < 1.29 is 9.84 Å². The first-order valence-electron chi connectivity index (χ1n) is 6.86. The molecule has 0 saturated carbocycles. The van der Waals surface area contributed by atoms with Gasteiger partial charge in [0.2, 0.25) is 0 Å². The number of aliphatic hydroxyl groups excluding tert-OH is 1. The maximum Gasteiger partial charge on any atom is 0.137 e. The maximum absolute atomic E-state index is 9.30. The minimum atomic E-state index is -0.646. The van der Waals surface area contributed by atoms with Gasteiger partial charge in [-0.3, -0.25) is 5.10 Å². The third kappa shape index (κ3) is 8.36. The van der Waals surface area contributed by atoms with Gasteiger partial charge in [-0.15, -0.1) is 11.0 Å². The van der Waals surface area contributed by atoms with E-state index < -0.39 is 6.10 Å². The number of nitrogens with zero attached hydrogens (tertiary/aromatic N) is 2. The summed E-state index contributed by atoms with van der Waals surface area (Å²) in [6.45, 7) is 2.72. The minimum Gasteiger partial charge on any atom is -0.378 e. The van der Waals surface area contributed by atoms with Crippen molar-refractivity contribution in [1.29, 1.82) is 0 Å². The van der Waals surface area contributed by atoms with Crippen molar-refractivity contribution >= 4 is 0 Å². The first kappa shape index (κ1) is 15.7. The van der Waals surface area contributed by atoms with Crippen molar-refractivity contribution in [3.8, 4) is 11.8 Å². The molecule has 1 atom stereocenters. The third-order valence-corrected chi connectivity index (χ3v) is 2.78. The number of ether oxygens (including phenoxy) is 1. The summed E-state index contributed by atoms with van der Waals surface area (Å²) in [5.74, 6) is 5.31. The lowest BCUT2D eigenvalue weighted by Crippen LogP contribution is -2.13. The number of hydrogen-bond acceptors (Lipinski definition) is 4. The molecular weight excluding hydrogens is 242 g/mol. The van der Waals surface area contributed by atoms with Crippen molar-refractivity contribution in [2.24, 2.45) is 0 Å². The van der Waals surface area contributed by atoms with Crippen molar-refractivity contribution in [2.75, 3.05) is 13.2 Å². The van der Waals surface area contributed by atoms with E-state index in [2.05, 4.69) is 27.3 Å². The van der Waals surface area contributed by atoms with Crippen LogP contribution in [0.2, 0.25) is 0 Å². The predicted molar refractivity (Wildman–Crippen MR) is 73.4 cm³/mol. The monoisotopic (exact) mass is 265 g/mol. The fourth-order valence-corrected chi connectivity index (χ4v) is 1.79. The zero-order chi connectivity index (χ0) is 13.8. The van der Waals surface area contributed by atoms with Crippen LogP contribution in [0, 0.1) is 11.8 Å². The highest BCUT2D eigenvalue weighted by atomic mass is 16.5. The van der Waals surface area contributed by atoms with Crippen LogP contribution in [-0.2, 0) is 11.2 Å². The summed E-state index contributed by atoms with van der Waals surface area (Å²) in [6, 6.07) is 0. The van der Waals surface area contributed by atoms with E-state index in [0.717, 1.165) is 31.4 Å². The number of H-pyrrole nitrogens is 1. The lowest BCUT2D eigenvalue weighted by Gasteiger charge is -2.05. The van der Waals surface area contributed by atoms with Gasteiger partial charge in [-0.05, 0) is 26.2 Å². The van der Waals surface area contributed by atoms with Crippen molar-refractivity contribution in [2.45, 2.75) is 51.6 Å². The van der Waals surface area contributed by atoms with E-state index in [0.29, 0.717) is 13.2 Å². The predicted octanol–water partition coefficient (Wildman–Crippen LogP) is 1.70. The lowest BCUT2D eigenvalue weighted by atomic mass is 10.1. The van der Waals surface area contributed by atoms with Gasteiger partial charge in [0.1, 0.15) is 6.10 Å². The first-order valence-corrected chi connectivity index (χ1v) is 6.86. The molecule has 0 bridgehead atoms. The van der Waals surface area contributed by atoms with Crippen LogP contribution in [0.3, 0.4) is 0 Å². The number of aliphatic hydroxyl groups is 1. The molecular formula is C14H23N3O2. The summed E-state index contributed by atoms with van der Waals surface area (Å²) < 4.78 is 5.34.